The van der Waals surface area contributed by atoms with Crippen LogP contribution in [0.25, 0.3) is 0 Å². The SMILES string of the molecule is Cc1cc(C(=O)Nc2ccc(C(=O)NC(C)C)cc2)no1. The number of amides is 2. The van der Waals surface area contributed by atoms with Crippen LogP contribution < -0.4 is 10.6 Å². The zero-order chi connectivity index (χ0) is 15.4. The van der Waals surface area contributed by atoms with Crippen LogP contribution in [0, 0.1) is 6.92 Å². The number of aromatic nitrogens is 1. The molecule has 0 fully saturated rings. The molecule has 0 spiro atoms. The van der Waals surface area contributed by atoms with Gasteiger partial charge in [0.1, 0.15) is 5.76 Å². The number of carbonyl (C=O) groups excluding carboxylic acids is 2. The molecule has 2 rings (SSSR count). The fraction of sp³-hybridized carbons (Fsp3) is 0.267. The van der Waals surface area contributed by atoms with E-state index in [0.29, 0.717) is 17.0 Å². The maximum atomic E-state index is 11.9. The second-order valence-electron chi connectivity index (χ2n) is 4.98. The van der Waals surface area contributed by atoms with Gasteiger partial charge in [-0.05, 0) is 45.0 Å². The number of carbonyl (C=O) groups is 2. The Morgan fingerprint density at radius 2 is 1.81 bits per heavy atom. The summed E-state index contributed by atoms with van der Waals surface area (Å²) >= 11 is 0. The monoisotopic (exact) mass is 287 g/mol. The molecule has 0 atom stereocenters. The zero-order valence-corrected chi connectivity index (χ0v) is 12.1. The molecule has 21 heavy (non-hydrogen) atoms. The van der Waals surface area contributed by atoms with Crippen molar-refractivity contribution in [2.24, 2.45) is 0 Å². The molecule has 0 bridgehead atoms. The molecule has 0 aliphatic carbocycles. The van der Waals surface area contributed by atoms with Gasteiger partial charge in [0.25, 0.3) is 11.8 Å². The van der Waals surface area contributed by atoms with Crippen molar-refractivity contribution < 1.29 is 14.1 Å². The van der Waals surface area contributed by atoms with Crippen LogP contribution in [0.15, 0.2) is 34.9 Å². The number of aryl methyl sites for hydroxylation is 1. The van der Waals surface area contributed by atoms with Crippen molar-refractivity contribution in [1.29, 1.82) is 0 Å². The summed E-state index contributed by atoms with van der Waals surface area (Å²) in [6, 6.07) is 8.27. The standard InChI is InChI=1S/C15H17N3O3/c1-9(2)16-14(19)11-4-6-12(7-5-11)17-15(20)13-8-10(3)21-18-13/h4-9H,1-3H3,(H,16,19)(H,17,20). The third-order valence-corrected chi connectivity index (χ3v) is 2.69. The van der Waals surface area contributed by atoms with Gasteiger partial charge in [0.2, 0.25) is 0 Å². The first-order chi connectivity index (χ1) is 9.95. The Hall–Kier alpha value is -2.63. The van der Waals surface area contributed by atoms with Crippen LogP contribution in [0.3, 0.4) is 0 Å². The van der Waals surface area contributed by atoms with Crippen LogP contribution in [0.4, 0.5) is 5.69 Å². The molecule has 6 heteroatoms. The first-order valence-electron chi connectivity index (χ1n) is 6.61. The maximum absolute atomic E-state index is 11.9. The minimum absolute atomic E-state index is 0.0762. The summed E-state index contributed by atoms with van der Waals surface area (Å²) in [6.45, 7) is 5.50. The van der Waals surface area contributed by atoms with Crippen LogP contribution >= 0.6 is 0 Å². The van der Waals surface area contributed by atoms with Gasteiger partial charge in [-0.2, -0.15) is 0 Å². The first-order valence-corrected chi connectivity index (χ1v) is 6.61. The van der Waals surface area contributed by atoms with E-state index < -0.39 is 0 Å². The summed E-state index contributed by atoms with van der Waals surface area (Å²) in [5.41, 5.74) is 1.34. The van der Waals surface area contributed by atoms with Crippen molar-refractivity contribution in [3.05, 3.63) is 47.3 Å². The van der Waals surface area contributed by atoms with Gasteiger partial charge >= 0.3 is 0 Å². The average Bonchev–Trinajstić information content (AvgIpc) is 2.85. The van der Waals surface area contributed by atoms with E-state index in [1.807, 2.05) is 13.8 Å². The Labute approximate surface area is 122 Å². The number of hydrogen-bond acceptors (Lipinski definition) is 4. The molecule has 0 saturated carbocycles. The number of benzene rings is 1. The molecule has 0 aliphatic rings. The van der Waals surface area contributed by atoms with Gasteiger partial charge in [0.05, 0.1) is 0 Å². The number of nitrogens with zero attached hydrogens (tertiary/aromatic N) is 1. The highest BCUT2D eigenvalue weighted by Crippen LogP contribution is 2.12. The van der Waals surface area contributed by atoms with Gasteiger partial charge in [-0.15, -0.1) is 0 Å². The minimum Gasteiger partial charge on any atom is -0.361 e. The highest BCUT2D eigenvalue weighted by molar-refractivity contribution is 6.03. The molecule has 0 saturated heterocycles. The van der Waals surface area contributed by atoms with Gasteiger partial charge < -0.3 is 15.2 Å². The van der Waals surface area contributed by atoms with E-state index in [-0.39, 0.29) is 23.6 Å². The van der Waals surface area contributed by atoms with E-state index in [1.54, 1.807) is 37.3 Å². The summed E-state index contributed by atoms with van der Waals surface area (Å²) in [5.74, 6) is 0.0714. The summed E-state index contributed by atoms with van der Waals surface area (Å²) in [5, 5.41) is 9.12. The Bertz CT molecular complexity index is 644. The highest BCUT2D eigenvalue weighted by atomic mass is 16.5. The quantitative estimate of drug-likeness (QED) is 0.904. The molecule has 6 nitrogen and oxygen atoms in total. The Balaban J connectivity index is 2.02. The fourth-order valence-electron chi connectivity index (χ4n) is 1.72. The van der Waals surface area contributed by atoms with Crippen molar-refractivity contribution in [2.45, 2.75) is 26.8 Å². The maximum Gasteiger partial charge on any atom is 0.277 e. The van der Waals surface area contributed by atoms with Crippen LogP contribution in [-0.4, -0.2) is 23.0 Å². The van der Waals surface area contributed by atoms with Gasteiger partial charge in [0.15, 0.2) is 5.69 Å². The van der Waals surface area contributed by atoms with E-state index in [4.69, 9.17) is 4.52 Å². The lowest BCUT2D eigenvalue weighted by atomic mass is 10.2. The zero-order valence-electron chi connectivity index (χ0n) is 12.1. The molecule has 2 aromatic rings. The van der Waals surface area contributed by atoms with Gasteiger partial charge in [-0.25, -0.2) is 0 Å². The van der Waals surface area contributed by atoms with Gasteiger partial charge in [-0.1, -0.05) is 5.16 Å². The molecular weight excluding hydrogens is 270 g/mol. The molecular formula is C15H17N3O3. The molecule has 0 radical (unpaired) electrons. The Morgan fingerprint density at radius 3 is 2.33 bits per heavy atom. The summed E-state index contributed by atoms with van der Waals surface area (Å²) < 4.78 is 4.85. The lowest BCUT2D eigenvalue weighted by Crippen LogP contribution is -2.30. The van der Waals surface area contributed by atoms with Gasteiger partial charge in [0, 0.05) is 23.4 Å². The molecule has 0 aliphatic heterocycles. The van der Waals surface area contributed by atoms with Crippen molar-refractivity contribution >= 4 is 17.5 Å². The van der Waals surface area contributed by atoms with Crippen molar-refractivity contribution in [3.63, 3.8) is 0 Å². The molecule has 1 aromatic heterocycles. The number of rotatable bonds is 4. The van der Waals surface area contributed by atoms with Crippen LogP contribution in [0.2, 0.25) is 0 Å². The predicted octanol–water partition coefficient (Wildman–Crippen LogP) is 2.37. The van der Waals surface area contributed by atoms with Crippen molar-refractivity contribution in [3.8, 4) is 0 Å². The Morgan fingerprint density at radius 1 is 1.14 bits per heavy atom. The van der Waals surface area contributed by atoms with E-state index in [0.717, 1.165) is 0 Å². The highest BCUT2D eigenvalue weighted by Gasteiger charge is 2.12. The van der Waals surface area contributed by atoms with E-state index in [9.17, 15) is 9.59 Å². The van der Waals surface area contributed by atoms with E-state index in [1.165, 1.54) is 0 Å². The van der Waals surface area contributed by atoms with Crippen molar-refractivity contribution in [1.82, 2.24) is 10.5 Å². The average molecular weight is 287 g/mol. The third-order valence-electron chi connectivity index (χ3n) is 2.69. The minimum atomic E-state index is -0.355. The second kappa shape index (κ2) is 6.21. The number of anilines is 1. The van der Waals surface area contributed by atoms with Crippen LogP contribution in [0.1, 0.15) is 40.5 Å². The van der Waals surface area contributed by atoms with E-state index in [2.05, 4.69) is 15.8 Å². The van der Waals surface area contributed by atoms with E-state index >= 15 is 0 Å². The molecule has 110 valence electrons. The molecule has 1 heterocycles. The largest absolute Gasteiger partial charge is 0.361 e. The summed E-state index contributed by atoms with van der Waals surface area (Å²) in [6.07, 6.45) is 0. The fourth-order valence-corrected chi connectivity index (χ4v) is 1.72. The van der Waals surface area contributed by atoms with Crippen LogP contribution in [-0.2, 0) is 0 Å². The smallest absolute Gasteiger partial charge is 0.277 e. The molecule has 1 aromatic carbocycles. The first kappa shape index (κ1) is 14.8. The van der Waals surface area contributed by atoms with Gasteiger partial charge in [-0.3, -0.25) is 9.59 Å². The lowest BCUT2D eigenvalue weighted by Gasteiger charge is -2.09. The predicted molar refractivity (Wildman–Crippen MR) is 78.2 cm³/mol. The summed E-state index contributed by atoms with van der Waals surface area (Å²) in [4.78, 5) is 23.7. The van der Waals surface area contributed by atoms with Crippen molar-refractivity contribution in [2.75, 3.05) is 5.32 Å². The normalized spacial score (nSPS) is 10.5. The van der Waals surface area contributed by atoms with Crippen LogP contribution in [0.5, 0.6) is 0 Å². The molecule has 0 unspecified atom stereocenters. The lowest BCUT2D eigenvalue weighted by molar-refractivity contribution is 0.0942. The second-order valence-corrected chi connectivity index (χ2v) is 4.98. The number of hydrogen-bond donors (Lipinski definition) is 2. The number of nitrogens with one attached hydrogen (secondary N) is 2. The molecule has 2 amide bonds. The Kier molecular flexibility index (Phi) is 4.37. The third kappa shape index (κ3) is 3.92. The summed E-state index contributed by atoms with van der Waals surface area (Å²) in [7, 11) is 0. The topological polar surface area (TPSA) is 84.2 Å². The molecule has 2 N–H and O–H groups in total.